The molecule has 0 bridgehead atoms. The van der Waals surface area contributed by atoms with Crippen LogP contribution < -0.4 is 0 Å². The Balaban J connectivity index is 4.41. The Hall–Kier alpha value is -2.89. The van der Waals surface area contributed by atoms with Crippen molar-refractivity contribution in [1.29, 1.82) is 0 Å². The lowest BCUT2D eigenvalue weighted by Crippen LogP contribution is -2.30. The van der Waals surface area contributed by atoms with E-state index in [9.17, 15) is 14.4 Å². The molecule has 6 nitrogen and oxygen atoms in total. The van der Waals surface area contributed by atoms with Crippen molar-refractivity contribution in [2.75, 3.05) is 13.2 Å². The molecule has 0 fully saturated rings. The summed E-state index contributed by atoms with van der Waals surface area (Å²) in [7, 11) is 0. The second-order valence-corrected chi connectivity index (χ2v) is 16.7. The Bertz CT molecular complexity index is 1100. The molecular formula is C54H94O6. The van der Waals surface area contributed by atoms with Crippen LogP contribution in [0.25, 0.3) is 0 Å². The fourth-order valence-corrected chi connectivity index (χ4v) is 6.96. The van der Waals surface area contributed by atoms with E-state index in [1.165, 1.54) is 103 Å². The first-order chi connectivity index (χ1) is 29.5. The van der Waals surface area contributed by atoms with Crippen molar-refractivity contribution < 1.29 is 28.6 Å². The van der Waals surface area contributed by atoms with Crippen LogP contribution in [-0.2, 0) is 28.6 Å². The average molecular weight is 839 g/mol. The summed E-state index contributed by atoms with van der Waals surface area (Å²) in [4.78, 5) is 37.9. The molecule has 60 heavy (non-hydrogen) atoms. The number of hydrogen-bond donors (Lipinski definition) is 0. The van der Waals surface area contributed by atoms with Crippen molar-refractivity contribution in [3.8, 4) is 0 Å². The standard InChI is InChI=1S/C54H94O6/c1-4-7-10-13-16-19-22-25-26-27-28-30-33-35-38-41-44-47-53(56)59-50-51(60-54(57)48-45-42-39-36-31-24-21-18-15-12-9-6-3)49-58-52(55)46-43-40-37-34-32-29-23-20-17-14-11-8-5-2/h7,10,16,19-20,23,25-26,28,30,51H,4-6,8-9,11-15,17-18,21-22,24,27,29,31-50H2,1-3H3/b10-7-,19-16-,23-20-,26-25-,30-28-/t51-/m0/s1. The third-order valence-corrected chi connectivity index (χ3v) is 10.8. The summed E-state index contributed by atoms with van der Waals surface area (Å²) < 4.78 is 16.8. The van der Waals surface area contributed by atoms with Crippen molar-refractivity contribution in [2.24, 2.45) is 0 Å². The van der Waals surface area contributed by atoms with Gasteiger partial charge in [-0.2, -0.15) is 0 Å². The minimum absolute atomic E-state index is 0.0849. The van der Waals surface area contributed by atoms with Gasteiger partial charge in [-0.3, -0.25) is 14.4 Å². The molecule has 0 saturated heterocycles. The molecule has 0 rings (SSSR count). The molecule has 0 aliphatic heterocycles. The molecule has 346 valence electrons. The Labute approximate surface area is 370 Å². The molecule has 0 heterocycles. The van der Waals surface area contributed by atoms with Crippen LogP contribution >= 0.6 is 0 Å². The molecule has 0 aromatic carbocycles. The first-order valence-corrected chi connectivity index (χ1v) is 25.3. The van der Waals surface area contributed by atoms with E-state index in [0.717, 1.165) is 103 Å². The topological polar surface area (TPSA) is 78.9 Å². The molecule has 0 radical (unpaired) electrons. The Morgan fingerprint density at radius 1 is 0.350 bits per heavy atom. The molecule has 0 aliphatic rings. The summed E-state index contributed by atoms with van der Waals surface area (Å²) in [6.07, 6.45) is 59.1. The van der Waals surface area contributed by atoms with E-state index < -0.39 is 6.10 Å². The summed E-state index contributed by atoms with van der Waals surface area (Å²) in [6, 6.07) is 0. The molecule has 6 heteroatoms. The van der Waals surface area contributed by atoms with Crippen LogP contribution in [0.15, 0.2) is 60.8 Å². The van der Waals surface area contributed by atoms with Gasteiger partial charge in [-0.25, -0.2) is 0 Å². The van der Waals surface area contributed by atoms with Crippen LogP contribution in [0.2, 0.25) is 0 Å². The Kier molecular flexibility index (Phi) is 46.4. The lowest BCUT2D eigenvalue weighted by molar-refractivity contribution is -0.167. The molecule has 0 aliphatic carbocycles. The molecule has 0 unspecified atom stereocenters. The minimum Gasteiger partial charge on any atom is -0.462 e. The van der Waals surface area contributed by atoms with Crippen molar-refractivity contribution in [3.63, 3.8) is 0 Å². The third kappa shape index (κ3) is 46.2. The third-order valence-electron chi connectivity index (χ3n) is 10.8. The number of rotatable bonds is 45. The molecular weight excluding hydrogens is 745 g/mol. The maximum atomic E-state index is 12.8. The zero-order valence-electron chi connectivity index (χ0n) is 39.5. The van der Waals surface area contributed by atoms with Gasteiger partial charge in [0.25, 0.3) is 0 Å². The van der Waals surface area contributed by atoms with E-state index in [-0.39, 0.29) is 31.1 Å². The van der Waals surface area contributed by atoms with Gasteiger partial charge in [0.2, 0.25) is 0 Å². The van der Waals surface area contributed by atoms with Gasteiger partial charge >= 0.3 is 17.9 Å². The highest BCUT2D eigenvalue weighted by molar-refractivity contribution is 5.71. The van der Waals surface area contributed by atoms with Gasteiger partial charge in [0.05, 0.1) is 0 Å². The van der Waals surface area contributed by atoms with Crippen molar-refractivity contribution in [1.82, 2.24) is 0 Å². The average Bonchev–Trinajstić information content (AvgIpc) is 3.24. The first-order valence-electron chi connectivity index (χ1n) is 25.3. The summed E-state index contributed by atoms with van der Waals surface area (Å²) in [5, 5.41) is 0. The van der Waals surface area contributed by atoms with Crippen molar-refractivity contribution in [3.05, 3.63) is 60.8 Å². The van der Waals surface area contributed by atoms with Crippen LogP contribution in [0.3, 0.4) is 0 Å². The highest BCUT2D eigenvalue weighted by atomic mass is 16.6. The van der Waals surface area contributed by atoms with E-state index in [1.807, 2.05) is 0 Å². The molecule has 0 aromatic heterocycles. The SMILES string of the molecule is CC/C=C\C/C=C\C/C=C\C/C=C\CCCCCCC(=O)OC[C@H](COC(=O)CCCCCCC/C=C\CCCCCC)OC(=O)CCCCCCCCCCCCCC. The van der Waals surface area contributed by atoms with Crippen molar-refractivity contribution >= 4 is 17.9 Å². The maximum Gasteiger partial charge on any atom is 0.306 e. The zero-order chi connectivity index (χ0) is 43.7. The second-order valence-electron chi connectivity index (χ2n) is 16.7. The highest BCUT2D eigenvalue weighted by Gasteiger charge is 2.19. The monoisotopic (exact) mass is 839 g/mol. The zero-order valence-corrected chi connectivity index (χ0v) is 39.5. The smallest absolute Gasteiger partial charge is 0.306 e. The quantitative estimate of drug-likeness (QED) is 0.0263. The molecule has 0 N–H and O–H groups in total. The number of esters is 3. The fourth-order valence-electron chi connectivity index (χ4n) is 6.96. The van der Waals surface area contributed by atoms with E-state index >= 15 is 0 Å². The predicted molar refractivity (Wildman–Crippen MR) is 256 cm³/mol. The second kappa shape index (κ2) is 48.8. The minimum atomic E-state index is -0.784. The highest BCUT2D eigenvalue weighted by Crippen LogP contribution is 2.14. The lowest BCUT2D eigenvalue weighted by Gasteiger charge is -2.18. The summed E-state index contributed by atoms with van der Waals surface area (Å²) >= 11 is 0. The van der Waals surface area contributed by atoms with Gasteiger partial charge in [0.15, 0.2) is 6.10 Å². The lowest BCUT2D eigenvalue weighted by atomic mass is 10.0. The summed E-state index contributed by atoms with van der Waals surface area (Å²) in [5.41, 5.74) is 0. The molecule has 0 saturated carbocycles. The molecule has 0 aromatic rings. The van der Waals surface area contributed by atoms with E-state index in [1.54, 1.807) is 0 Å². The Morgan fingerprint density at radius 2 is 0.650 bits per heavy atom. The van der Waals surface area contributed by atoms with Gasteiger partial charge in [-0.15, -0.1) is 0 Å². The van der Waals surface area contributed by atoms with E-state index in [4.69, 9.17) is 14.2 Å². The normalized spacial score (nSPS) is 12.5. The Morgan fingerprint density at radius 3 is 1.05 bits per heavy atom. The van der Waals surface area contributed by atoms with Crippen LogP contribution in [-0.4, -0.2) is 37.2 Å². The van der Waals surface area contributed by atoms with E-state index in [2.05, 4.69) is 81.5 Å². The summed E-state index contributed by atoms with van der Waals surface area (Å²) in [6.45, 7) is 6.48. The first kappa shape index (κ1) is 57.1. The van der Waals surface area contributed by atoms with Gasteiger partial charge in [0, 0.05) is 19.3 Å². The molecule has 0 spiro atoms. The fraction of sp³-hybridized carbons (Fsp3) is 0.759. The number of hydrogen-bond acceptors (Lipinski definition) is 6. The number of ether oxygens (including phenoxy) is 3. The number of unbranched alkanes of at least 4 members (excludes halogenated alkanes) is 24. The maximum absolute atomic E-state index is 12.8. The van der Waals surface area contributed by atoms with Crippen LogP contribution in [0.1, 0.15) is 245 Å². The number of allylic oxidation sites excluding steroid dienone is 10. The summed E-state index contributed by atoms with van der Waals surface area (Å²) in [5.74, 6) is -0.914. The predicted octanol–water partition coefficient (Wildman–Crippen LogP) is 16.5. The molecule has 1 atom stereocenters. The van der Waals surface area contributed by atoms with E-state index in [0.29, 0.717) is 19.3 Å². The number of carbonyl (C=O) groups is 3. The largest absolute Gasteiger partial charge is 0.462 e. The van der Waals surface area contributed by atoms with Crippen LogP contribution in [0, 0.1) is 0 Å². The van der Waals surface area contributed by atoms with Crippen molar-refractivity contribution in [2.45, 2.75) is 252 Å². The van der Waals surface area contributed by atoms with Gasteiger partial charge in [0.1, 0.15) is 13.2 Å². The molecule has 0 amide bonds. The van der Waals surface area contributed by atoms with Gasteiger partial charge < -0.3 is 14.2 Å². The van der Waals surface area contributed by atoms with Crippen LogP contribution in [0.4, 0.5) is 0 Å². The van der Waals surface area contributed by atoms with Crippen LogP contribution in [0.5, 0.6) is 0 Å². The number of carbonyl (C=O) groups excluding carboxylic acids is 3. The van der Waals surface area contributed by atoms with Gasteiger partial charge in [-0.1, -0.05) is 204 Å². The van der Waals surface area contributed by atoms with Gasteiger partial charge in [-0.05, 0) is 83.5 Å².